The molecule has 9 heteroatoms. The van der Waals surface area contributed by atoms with Crippen LogP contribution in [0.3, 0.4) is 0 Å². The van der Waals surface area contributed by atoms with Gasteiger partial charge in [-0.25, -0.2) is 9.52 Å². The summed E-state index contributed by atoms with van der Waals surface area (Å²) in [6, 6.07) is -0.753. The number of hydrogen-bond acceptors (Lipinski definition) is 5. The molecule has 8 nitrogen and oxygen atoms in total. The summed E-state index contributed by atoms with van der Waals surface area (Å²) in [5, 5.41) is 9.12. The minimum Gasteiger partial charge on any atom is -0.481 e. The van der Waals surface area contributed by atoms with Gasteiger partial charge in [0.1, 0.15) is 0 Å². The quantitative estimate of drug-likeness (QED) is 0.656. The van der Waals surface area contributed by atoms with E-state index in [-0.39, 0.29) is 0 Å². The molecule has 0 radical (unpaired) electrons. The highest BCUT2D eigenvalue weighted by Gasteiger charge is 2.46. The van der Waals surface area contributed by atoms with Crippen LogP contribution in [0.4, 0.5) is 4.79 Å². The molecule has 104 valence electrons. The molecule has 0 saturated heterocycles. The van der Waals surface area contributed by atoms with Crippen LogP contribution in [0.5, 0.6) is 0 Å². The average molecular weight is 280 g/mol. The summed E-state index contributed by atoms with van der Waals surface area (Å²) < 4.78 is 31.1. The van der Waals surface area contributed by atoms with E-state index < -0.39 is 33.7 Å². The van der Waals surface area contributed by atoms with Crippen LogP contribution in [0, 0.1) is 5.41 Å². The molecule has 1 aliphatic carbocycles. The Kier molecular flexibility index (Phi) is 4.17. The Hall–Kier alpha value is -1.35. The Balaban J connectivity index is 2.78. The van der Waals surface area contributed by atoms with Crippen molar-refractivity contribution in [2.45, 2.75) is 32.2 Å². The molecule has 2 unspecified atom stereocenters. The van der Waals surface area contributed by atoms with Crippen molar-refractivity contribution in [1.29, 1.82) is 0 Å². The van der Waals surface area contributed by atoms with Gasteiger partial charge in [-0.05, 0) is 19.8 Å². The normalized spacial score (nSPS) is 27.8. The molecule has 18 heavy (non-hydrogen) atoms. The zero-order chi connectivity index (χ0) is 14.0. The maximum absolute atomic E-state index is 11.6. The first-order valence-electron chi connectivity index (χ1n) is 5.32. The van der Waals surface area contributed by atoms with Gasteiger partial charge < -0.3 is 9.84 Å². The van der Waals surface area contributed by atoms with E-state index in [1.165, 1.54) is 6.92 Å². The molecule has 2 atom stereocenters. The van der Waals surface area contributed by atoms with E-state index in [4.69, 9.17) is 5.11 Å². The van der Waals surface area contributed by atoms with Crippen molar-refractivity contribution in [3.63, 3.8) is 0 Å². The summed E-state index contributed by atoms with van der Waals surface area (Å²) in [7, 11) is -3.09. The number of carbonyl (C=O) groups excluding carboxylic acids is 1. The Morgan fingerprint density at radius 3 is 2.56 bits per heavy atom. The number of carboxylic acid groups (broad SMARTS) is 1. The Morgan fingerprint density at radius 1 is 1.44 bits per heavy atom. The van der Waals surface area contributed by atoms with Crippen molar-refractivity contribution in [1.82, 2.24) is 9.44 Å². The molecular formula is C9H16N2O6S. The first kappa shape index (κ1) is 14.7. The molecule has 0 spiro atoms. The van der Waals surface area contributed by atoms with Gasteiger partial charge in [0.2, 0.25) is 0 Å². The molecule has 1 fully saturated rings. The van der Waals surface area contributed by atoms with E-state index in [0.717, 1.165) is 7.11 Å². The van der Waals surface area contributed by atoms with Crippen molar-refractivity contribution >= 4 is 22.3 Å². The number of rotatable bonds is 4. The third kappa shape index (κ3) is 3.10. The minimum atomic E-state index is -4.12. The molecule has 0 aliphatic heterocycles. The molecule has 1 amide bonds. The van der Waals surface area contributed by atoms with Crippen molar-refractivity contribution in [3.05, 3.63) is 0 Å². The monoisotopic (exact) mass is 280 g/mol. The van der Waals surface area contributed by atoms with Gasteiger partial charge in [-0.3, -0.25) is 4.79 Å². The van der Waals surface area contributed by atoms with Crippen LogP contribution in [-0.2, 0) is 19.7 Å². The van der Waals surface area contributed by atoms with Gasteiger partial charge in [0.25, 0.3) is 0 Å². The maximum atomic E-state index is 11.6. The van der Waals surface area contributed by atoms with Gasteiger partial charge >= 0.3 is 22.3 Å². The smallest absolute Gasteiger partial charge is 0.421 e. The van der Waals surface area contributed by atoms with Crippen LogP contribution < -0.4 is 9.44 Å². The number of methoxy groups -OCH3 is 1. The topological polar surface area (TPSA) is 122 Å². The summed E-state index contributed by atoms with van der Waals surface area (Å²) >= 11 is 0. The minimum absolute atomic E-state index is 0.383. The lowest BCUT2D eigenvalue weighted by Gasteiger charge is -2.27. The van der Waals surface area contributed by atoms with Crippen LogP contribution in [0.25, 0.3) is 0 Å². The van der Waals surface area contributed by atoms with Crippen LogP contribution in [0.15, 0.2) is 0 Å². The highest BCUT2D eigenvalue weighted by molar-refractivity contribution is 7.88. The lowest BCUT2D eigenvalue weighted by molar-refractivity contribution is -0.148. The molecule has 0 aromatic rings. The number of ether oxygens (including phenoxy) is 1. The third-order valence-electron chi connectivity index (χ3n) is 3.15. The second-order valence-electron chi connectivity index (χ2n) is 4.38. The number of nitrogens with one attached hydrogen (secondary N) is 2. The summed E-state index contributed by atoms with van der Waals surface area (Å²) in [5.41, 5.74) is -1.16. The molecule has 1 rings (SSSR count). The molecule has 1 aliphatic rings. The largest absolute Gasteiger partial charge is 0.481 e. The van der Waals surface area contributed by atoms with Gasteiger partial charge in [-0.1, -0.05) is 6.42 Å². The molecular weight excluding hydrogens is 264 g/mol. The average Bonchev–Trinajstić information content (AvgIpc) is 2.60. The summed E-state index contributed by atoms with van der Waals surface area (Å²) in [5.74, 6) is -1.06. The number of aliphatic carboxylic acids is 1. The highest BCUT2D eigenvalue weighted by atomic mass is 32.2. The Bertz CT molecular complexity index is 448. The second-order valence-corrected chi connectivity index (χ2v) is 5.83. The van der Waals surface area contributed by atoms with E-state index in [2.05, 4.69) is 9.46 Å². The fraction of sp³-hybridized carbons (Fsp3) is 0.778. The highest BCUT2D eigenvalue weighted by Crippen LogP contribution is 2.38. The first-order chi connectivity index (χ1) is 8.21. The van der Waals surface area contributed by atoms with Crippen molar-refractivity contribution < 1.29 is 27.9 Å². The van der Waals surface area contributed by atoms with Crippen LogP contribution in [-0.4, -0.2) is 38.7 Å². The molecule has 0 bridgehead atoms. The predicted molar refractivity (Wildman–Crippen MR) is 61.0 cm³/mol. The number of carboxylic acids is 1. The fourth-order valence-corrected chi connectivity index (χ4v) is 3.09. The molecule has 0 heterocycles. The SMILES string of the molecule is COC(=O)NS(=O)(=O)NC1CCCC1(C)C(=O)O. The van der Waals surface area contributed by atoms with Crippen LogP contribution in [0.2, 0.25) is 0 Å². The van der Waals surface area contributed by atoms with E-state index in [1.54, 1.807) is 4.72 Å². The fourth-order valence-electron chi connectivity index (χ4n) is 1.98. The lowest BCUT2D eigenvalue weighted by Crippen LogP contribution is -2.51. The van der Waals surface area contributed by atoms with Gasteiger partial charge in [0, 0.05) is 6.04 Å². The number of carbonyl (C=O) groups is 2. The number of amides is 1. The molecule has 3 N–H and O–H groups in total. The summed E-state index contributed by atoms with van der Waals surface area (Å²) in [6.07, 6.45) is 0.268. The summed E-state index contributed by atoms with van der Waals surface area (Å²) in [6.45, 7) is 1.48. The first-order valence-corrected chi connectivity index (χ1v) is 6.81. The van der Waals surface area contributed by atoms with Crippen molar-refractivity contribution in [2.24, 2.45) is 5.41 Å². The zero-order valence-corrected chi connectivity index (χ0v) is 10.9. The second kappa shape index (κ2) is 5.11. The molecule has 0 aromatic carbocycles. The number of hydrogen-bond donors (Lipinski definition) is 3. The van der Waals surface area contributed by atoms with Crippen LogP contribution >= 0.6 is 0 Å². The van der Waals surface area contributed by atoms with E-state index in [9.17, 15) is 18.0 Å². The van der Waals surface area contributed by atoms with Crippen molar-refractivity contribution in [2.75, 3.05) is 7.11 Å². The van der Waals surface area contributed by atoms with E-state index in [1.807, 2.05) is 0 Å². The van der Waals surface area contributed by atoms with Gasteiger partial charge in [-0.2, -0.15) is 13.1 Å². The van der Waals surface area contributed by atoms with Gasteiger partial charge in [-0.15, -0.1) is 0 Å². The standard InChI is InChI=1S/C9H16N2O6S/c1-9(7(12)13)5-3-4-6(9)10-18(15,16)11-8(14)17-2/h6,10H,3-5H2,1-2H3,(H,11,14)(H,12,13). The third-order valence-corrected chi connectivity index (χ3v) is 4.18. The van der Waals surface area contributed by atoms with Crippen molar-refractivity contribution in [3.8, 4) is 0 Å². The van der Waals surface area contributed by atoms with E-state index in [0.29, 0.717) is 19.3 Å². The van der Waals surface area contributed by atoms with Gasteiger partial charge in [0.05, 0.1) is 12.5 Å². The molecule has 0 aromatic heterocycles. The van der Waals surface area contributed by atoms with Crippen LogP contribution in [0.1, 0.15) is 26.2 Å². The summed E-state index contributed by atoms with van der Waals surface area (Å²) in [4.78, 5) is 22.0. The maximum Gasteiger partial charge on any atom is 0.421 e. The van der Waals surface area contributed by atoms with Gasteiger partial charge in [0.15, 0.2) is 0 Å². The van der Waals surface area contributed by atoms with E-state index >= 15 is 0 Å². The molecule has 1 saturated carbocycles. The Labute approximate surface area is 105 Å². The Morgan fingerprint density at radius 2 is 2.06 bits per heavy atom. The zero-order valence-electron chi connectivity index (χ0n) is 10.1. The predicted octanol–water partition coefficient (Wildman–Crippen LogP) is -0.180. The lowest BCUT2D eigenvalue weighted by atomic mass is 9.85.